The molecule has 0 spiro atoms. The molecule has 0 N–H and O–H groups in total. The maximum atomic E-state index is 3.89. The van der Waals surface area contributed by atoms with Crippen molar-refractivity contribution in [3.63, 3.8) is 0 Å². The van der Waals surface area contributed by atoms with E-state index in [1.54, 1.807) is 0 Å². The van der Waals surface area contributed by atoms with E-state index in [2.05, 4.69) is 17.1 Å². The smallest absolute Gasteiger partial charge is 0.0922 e. The molecule has 0 heterocycles. The zero-order valence-corrected chi connectivity index (χ0v) is 4.13. The van der Waals surface area contributed by atoms with Gasteiger partial charge in [-0.15, -0.1) is 0 Å². The van der Waals surface area contributed by atoms with Gasteiger partial charge in [-0.2, -0.15) is 0 Å². The summed E-state index contributed by atoms with van der Waals surface area (Å²) in [5.41, 5.74) is 0. The lowest BCUT2D eigenvalue weighted by molar-refractivity contribution is 0.500. The van der Waals surface area contributed by atoms with Gasteiger partial charge in [0, 0.05) is 11.0 Å². The van der Waals surface area contributed by atoms with Crippen LogP contribution in [0, 0.1) is 0 Å². The summed E-state index contributed by atoms with van der Waals surface area (Å²) in [4.78, 5) is 0. The van der Waals surface area contributed by atoms with Crippen molar-refractivity contribution in [1.29, 1.82) is 0 Å². The first-order valence-electron chi connectivity index (χ1n) is 0.575. The van der Waals surface area contributed by atoms with E-state index in [4.69, 9.17) is 0 Å². The van der Waals surface area contributed by atoms with Gasteiger partial charge in [-0.3, -0.25) is 0 Å². The van der Waals surface area contributed by atoms with Crippen molar-refractivity contribution in [2.24, 2.45) is 0 Å². The van der Waals surface area contributed by atoms with Crippen LogP contribution in [0.15, 0.2) is 0 Å². The lowest BCUT2D eigenvalue weighted by Crippen LogP contribution is -1.40. The van der Waals surface area contributed by atoms with Crippen LogP contribution in [0.4, 0.5) is 0 Å². The summed E-state index contributed by atoms with van der Waals surface area (Å²) in [6.45, 7) is 0. The normalized spacial score (nSPS) is 4.50. The van der Waals surface area contributed by atoms with Crippen LogP contribution in [-0.4, -0.2) is 18.1 Å². The van der Waals surface area contributed by atoms with Gasteiger partial charge in [-0.25, -0.2) is 0 Å². The first-order chi connectivity index (χ1) is 1.41. The van der Waals surface area contributed by atoms with Crippen molar-refractivity contribution in [2.45, 2.75) is 0 Å². The third-order valence-electron chi connectivity index (χ3n) is 0. The Kier molecular flexibility index (Phi) is 21.3. The standard InChI is InChI=1S/CH3OS.Si/c1-2-3;/h1H3;. The Morgan fingerprint density at radius 3 is 1.75 bits per heavy atom. The predicted molar refractivity (Wildman–Crippen MR) is 20.4 cm³/mol. The van der Waals surface area contributed by atoms with Crippen LogP contribution in [0.5, 0.6) is 0 Å². The van der Waals surface area contributed by atoms with Crippen LogP contribution in [-0.2, 0) is 4.18 Å². The minimum absolute atomic E-state index is 0. The van der Waals surface area contributed by atoms with Gasteiger partial charge in [0.15, 0.2) is 0 Å². The lowest BCUT2D eigenvalue weighted by Gasteiger charge is -1.54. The van der Waals surface area contributed by atoms with Crippen LogP contribution in [0.2, 0.25) is 0 Å². The highest BCUT2D eigenvalue weighted by Gasteiger charge is 1.31. The van der Waals surface area contributed by atoms with Crippen molar-refractivity contribution in [2.75, 3.05) is 7.11 Å². The van der Waals surface area contributed by atoms with Crippen molar-refractivity contribution >= 4 is 23.9 Å². The van der Waals surface area contributed by atoms with Crippen LogP contribution in [0.3, 0.4) is 0 Å². The Morgan fingerprint density at radius 2 is 1.75 bits per heavy atom. The SMILES string of the molecule is CO[S].[Si]. The van der Waals surface area contributed by atoms with Gasteiger partial charge in [-0.05, 0) is 0 Å². The largest absolute Gasteiger partial charge is 0.307 e. The molecule has 23 valence electrons. The lowest BCUT2D eigenvalue weighted by atomic mass is 11.8. The van der Waals surface area contributed by atoms with E-state index >= 15 is 0 Å². The molecular weight excluding hydrogens is 88.2 g/mol. The van der Waals surface area contributed by atoms with E-state index in [0.29, 0.717) is 0 Å². The topological polar surface area (TPSA) is 9.23 Å². The second-order valence-corrected chi connectivity index (χ2v) is 0.500. The van der Waals surface area contributed by atoms with Gasteiger partial charge >= 0.3 is 0 Å². The summed E-state index contributed by atoms with van der Waals surface area (Å²) in [7, 11) is 1.44. The molecule has 0 unspecified atom stereocenters. The molecular formula is CH3OSSi. The first kappa shape index (κ1) is 8.82. The third kappa shape index (κ3) is 21.2. The number of hydrogen-bond donors (Lipinski definition) is 0. The third-order valence-corrected chi connectivity index (χ3v) is 0. The molecule has 0 aliphatic rings. The van der Waals surface area contributed by atoms with Crippen molar-refractivity contribution in [3.8, 4) is 0 Å². The zero-order chi connectivity index (χ0) is 2.71. The van der Waals surface area contributed by atoms with Crippen LogP contribution in [0.25, 0.3) is 0 Å². The molecule has 4 heavy (non-hydrogen) atoms. The molecule has 0 amide bonds. The molecule has 1 nitrogen and oxygen atoms in total. The van der Waals surface area contributed by atoms with E-state index in [-0.39, 0.29) is 11.0 Å². The monoisotopic (exact) mass is 91.0 g/mol. The van der Waals surface area contributed by atoms with E-state index in [1.807, 2.05) is 0 Å². The Balaban J connectivity index is 0. The van der Waals surface area contributed by atoms with Crippen LogP contribution < -0.4 is 0 Å². The zero-order valence-electron chi connectivity index (χ0n) is 2.32. The molecule has 5 radical (unpaired) electrons. The number of hydrogen-bond acceptors (Lipinski definition) is 1. The van der Waals surface area contributed by atoms with Crippen LogP contribution >= 0.6 is 12.9 Å². The minimum Gasteiger partial charge on any atom is -0.307 e. The fourth-order valence-electron chi connectivity index (χ4n) is 0. The molecule has 0 aromatic carbocycles. The highest BCUT2D eigenvalue weighted by Crippen LogP contribution is 1.57. The van der Waals surface area contributed by atoms with Crippen molar-refractivity contribution < 1.29 is 4.18 Å². The fourth-order valence-corrected chi connectivity index (χ4v) is 0. The summed E-state index contributed by atoms with van der Waals surface area (Å²) in [6, 6.07) is 0. The second kappa shape index (κ2) is 9.66. The molecule has 3 heteroatoms. The predicted octanol–water partition coefficient (Wildman–Crippen LogP) is 0.364. The first-order valence-corrected chi connectivity index (χ1v) is 0.908. The molecule has 0 bridgehead atoms. The Bertz CT molecular complexity index is 8.00. The van der Waals surface area contributed by atoms with Gasteiger partial charge in [0.25, 0.3) is 0 Å². The molecule has 0 fully saturated rings. The van der Waals surface area contributed by atoms with E-state index < -0.39 is 0 Å². The van der Waals surface area contributed by atoms with E-state index in [9.17, 15) is 0 Å². The summed E-state index contributed by atoms with van der Waals surface area (Å²) in [6.07, 6.45) is 0. The maximum Gasteiger partial charge on any atom is 0.0922 e. The highest BCUT2D eigenvalue weighted by atomic mass is 32.1. The summed E-state index contributed by atoms with van der Waals surface area (Å²) >= 11 is 3.89. The Morgan fingerprint density at radius 1 is 1.75 bits per heavy atom. The fraction of sp³-hybridized carbons (Fsp3) is 1.00. The molecule has 0 aromatic rings. The molecule has 0 rings (SSSR count). The number of rotatable bonds is 0. The second-order valence-electron chi connectivity index (χ2n) is 0.167. The summed E-state index contributed by atoms with van der Waals surface area (Å²) < 4.78 is 3.83. The summed E-state index contributed by atoms with van der Waals surface area (Å²) in [5.74, 6) is 0. The average Bonchev–Trinajstić information content (AvgIpc) is 0.918. The minimum atomic E-state index is 0. The molecule has 0 aliphatic heterocycles. The van der Waals surface area contributed by atoms with Gasteiger partial charge in [0.2, 0.25) is 0 Å². The quantitative estimate of drug-likeness (QED) is 0.391. The molecule has 0 aliphatic carbocycles. The van der Waals surface area contributed by atoms with E-state index in [0.717, 1.165) is 0 Å². The van der Waals surface area contributed by atoms with E-state index in [1.165, 1.54) is 7.11 Å². The molecule has 0 atom stereocenters. The van der Waals surface area contributed by atoms with Crippen molar-refractivity contribution in [3.05, 3.63) is 0 Å². The Labute approximate surface area is 36.0 Å². The van der Waals surface area contributed by atoms with Gasteiger partial charge in [-0.1, -0.05) is 0 Å². The van der Waals surface area contributed by atoms with Crippen LogP contribution in [0.1, 0.15) is 0 Å². The molecule has 0 aromatic heterocycles. The van der Waals surface area contributed by atoms with Crippen molar-refractivity contribution in [1.82, 2.24) is 0 Å². The molecule has 0 saturated heterocycles. The summed E-state index contributed by atoms with van der Waals surface area (Å²) in [5, 5.41) is 0. The van der Waals surface area contributed by atoms with Gasteiger partial charge < -0.3 is 4.18 Å². The molecule has 0 saturated carbocycles. The average molecular weight is 91.2 g/mol. The maximum absolute atomic E-state index is 3.89. The highest BCUT2D eigenvalue weighted by molar-refractivity contribution is 7.75. The van der Waals surface area contributed by atoms with Gasteiger partial charge in [0.05, 0.1) is 20.0 Å². The van der Waals surface area contributed by atoms with Gasteiger partial charge in [0.1, 0.15) is 0 Å². The Hall–Kier alpha value is 0.527.